The second kappa shape index (κ2) is 9.13. The summed E-state index contributed by atoms with van der Waals surface area (Å²) in [6.45, 7) is 1.31. The molecule has 1 aliphatic heterocycles. The van der Waals surface area contributed by atoms with E-state index in [4.69, 9.17) is 0 Å². The van der Waals surface area contributed by atoms with Gasteiger partial charge in [-0.15, -0.1) is 0 Å². The summed E-state index contributed by atoms with van der Waals surface area (Å²) in [5.41, 5.74) is 1.15. The highest BCUT2D eigenvalue weighted by atomic mass is 19.1. The Morgan fingerprint density at radius 2 is 1.86 bits per heavy atom. The van der Waals surface area contributed by atoms with Gasteiger partial charge in [0.05, 0.1) is 18.2 Å². The predicted octanol–water partition coefficient (Wildman–Crippen LogP) is 4.12. The van der Waals surface area contributed by atoms with Crippen molar-refractivity contribution >= 4 is 5.91 Å². The molecule has 160 valence electrons. The molecule has 5 heteroatoms. The van der Waals surface area contributed by atoms with Crippen LogP contribution in [0.3, 0.4) is 0 Å². The number of rotatable bonds is 5. The molecule has 1 aromatic rings. The summed E-state index contributed by atoms with van der Waals surface area (Å²) in [5.74, 6) is 0.360. The molecule has 2 N–H and O–H groups in total. The van der Waals surface area contributed by atoms with E-state index in [-0.39, 0.29) is 24.3 Å². The number of benzene rings is 1. The SMILES string of the molecule is O=C(CNCC1(O)CCCCC1)N1CCc2c(F)cccc2C1C1CCCCC1. The molecule has 1 unspecified atom stereocenters. The van der Waals surface area contributed by atoms with Crippen LogP contribution in [0.4, 0.5) is 4.39 Å². The minimum absolute atomic E-state index is 0.0122. The summed E-state index contributed by atoms with van der Waals surface area (Å²) < 4.78 is 14.4. The van der Waals surface area contributed by atoms with E-state index >= 15 is 0 Å². The molecule has 3 aliphatic rings. The molecule has 0 radical (unpaired) electrons. The van der Waals surface area contributed by atoms with Crippen LogP contribution in [0.25, 0.3) is 0 Å². The van der Waals surface area contributed by atoms with Crippen LogP contribution < -0.4 is 5.32 Å². The highest BCUT2D eigenvalue weighted by Gasteiger charge is 2.37. The van der Waals surface area contributed by atoms with Crippen LogP contribution >= 0.6 is 0 Å². The van der Waals surface area contributed by atoms with Crippen LogP contribution in [0.1, 0.15) is 81.4 Å². The molecule has 29 heavy (non-hydrogen) atoms. The van der Waals surface area contributed by atoms with Crippen molar-refractivity contribution in [1.29, 1.82) is 0 Å². The van der Waals surface area contributed by atoms with Crippen molar-refractivity contribution in [2.24, 2.45) is 5.92 Å². The van der Waals surface area contributed by atoms with Crippen LogP contribution in [-0.4, -0.2) is 41.1 Å². The maximum atomic E-state index is 14.4. The summed E-state index contributed by atoms with van der Waals surface area (Å²) in [6.07, 6.45) is 11.4. The van der Waals surface area contributed by atoms with E-state index in [9.17, 15) is 14.3 Å². The highest BCUT2D eigenvalue weighted by molar-refractivity contribution is 5.79. The van der Waals surface area contributed by atoms with E-state index in [2.05, 4.69) is 5.32 Å². The number of halogens is 1. The minimum Gasteiger partial charge on any atom is -0.389 e. The molecule has 0 saturated heterocycles. The third-order valence-corrected chi connectivity index (χ3v) is 7.34. The third kappa shape index (κ3) is 4.66. The number of nitrogens with zero attached hydrogens (tertiary/aromatic N) is 1. The van der Waals surface area contributed by atoms with Crippen LogP contribution in [0.15, 0.2) is 18.2 Å². The van der Waals surface area contributed by atoms with Crippen molar-refractivity contribution in [3.63, 3.8) is 0 Å². The number of amides is 1. The summed E-state index contributed by atoms with van der Waals surface area (Å²) in [7, 11) is 0. The van der Waals surface area contributed by atoms with Crippen LogP contribution in [0, 0.1) is 11.7 Å². The summed E-state index contributed by atoms with van der Waals surface area (Å²) in [5, 5.41) is 13.9. The van der Waals surface area contributed by atoms with Crippen molar-refractivity contribution in [2.75, 3.05) is 19.6 Å². The zero-order chi connectivity index (χ0) is 20.3. The zero-order valence-corrected chi connectivity index (χ0v) is 17.5. The smallest absolute Gasteiger partial charge is 0.237 e. The maximum absolute atomic E-state index is 14.4. The van der Waals surface area contributed by atoms with Crippen molar-refractivity contribution in [1.82, 2.24) is 10.2 Å². The first kappa shape index (κ1) is 20.8. The Morgan fingerprint density at radius 1 is 1.14 bits per heavy atom. The number of carbonyl (C=O) groups excluding carboxylic acids is 1. The van der Waals surface area contributed by atoms with Crippen LogP contribution in [0.2, 0.25) is 0 Å². The van der Waals surface area contributed by atoms with E-state index in [0.717, 1.165) is 49.7 Å². The van der Waals surface area contributed by atoms with E-state index in [1.807, 2.05) is 11.0 Å². The Labute approximate surface area is 173 Å². The Kier molecular flexibility index (Phi) is 6.55. The van der Waals surface area contributed by atoms with E-state index in [0.29, 0.717) is 25.4 Å². The molecule has 0 aromatic heterocycles. The monoisotopic (exact) mass is 402 g/mol. The third-order valence-electron chi connectivity index (χ3n) is 7.34. The first-order valence-corrected chi connectivity index (χ1v) is 11.6. The van der Waals surface area contributed by atoms with Gasteiger partial charge in [-0.05, 0) is 55.2 Å². The summed E-state index contributed by atoms with van der Waals surface area (Å²) in [4.78, 5) is 15.2. The Hall–Kier alpha value is -1.46. The van der Waals surface area contributed by atoms with Gasteiger partial charge in [0.15, 0.2) is 0 Å². The predicted molar refractivity (Wildman–Crippen MR) is 112 cm³/mol. The van der Waals surface area contributed by atoms with Gasteiger partial charge in [0.1, 0.15) is 5.82 Å². The topological polar surface area (TPSA) is 52.6 Å². The molecule has 0 bridgehead atoms. The average Bonchev–Trinajstić information content (AvgIpc) is 2.74. The fraction of sp³-hybridized carbons (Fsp3) is 0.708. The Bertz CT molecular complexity index is 711. The van der Waals surface area contributed by atoms with Gasteiger partial charge in [0, 0.05) is 13.1 Å². The highest BCUT2D eigenvalue weighted by Crippen LogP contribution is 2.42. The maximum Gasteiger partial charge on any atom is 0.237 e. The van der Waals surface area contributed by atoms with E-state index in [1.165, 1.54) is 25.7 Å². The fourth-order valence-corrected chi connectivity index (χ4v) is 5.78. The summed E-state index contributed by atoms with van der Waals surface area (Å²) >= 11 is 0. The second-order valence-corrected chi connectivity index (χ2v) is 9.38. The molecule has 1 heterocycles. The molecule has 4 rings (SSSR count). The first-order chi connectivity index (χ1) is 14.1. The minimum atomic E-state index is -0.668. The van der Waals surface area contributed by atoms with Crippen molar-refractivity contribution in [2.45, 2.75) is 82.3 Å². The number of hydrogen-bond donors (Lipinski definition) is 2. The quantitative estimate of drug-likeness (QED) is 0.779. The molecular weight excluding hydrogens is 367 g/mol. The molecule has 1 atom stereocenters. The number of nitrogens with one attached hydrogen (secondary N) is 1. The van der Waals surface area contributed by atoms with Gasteiger partial charge < -0.3 is 15.3 Å². The van der Waals surface area contributed by atoms with E-state index in [1.54, 1.807) is 12.1 Å². The molecular formula is C24H35FN2O2. The lowest BCUT2D eigenvalue weighted by atomic mass is 9.77. The van der Waals surface area contributed by atoms with Crippen molar-refractivity contribution in [3.8, 4) is 0 Å². The Balaban J connectivity index is 1.46. The van der Waals surface area contributed by atoms with Gasteiger partial charge in [-0.2, -0.15) is 0 Å². The standard InChI is InChI=1S/C24H35FN2O2/c25-21-11-7-10-20-19(21)12-15-27(23(20)18-8-3-1-4-9-18)22(28)16-26-17-24(29)13-5-2-6-14-24/h7,10-11,18,23,26,29H,1-6,8-9,12-17H2. The van der Waals surface area contributed by atoms with E-state index < -0.39 is 5.60 Å². The molecule has 1 aromatic carbocycles. The normalized spacial score (nSPS) is 24.9. The molecule has 4 nitrogen and oxygen atoms in total. The summed E-state index contributed by atoms with van der Waals surface area (Å²) in [6, 6.07) is 5.34. The second-order valence-electron chi connectivity index (χ2n) is 9.38. The number of hydrogen-bond acceptors (Lipinski definition) is 3. The molecule has 2 fully saturated rings. The van der Waals surface area contributed by atoms with Crippen LogP contribution in [0.5, 0.6) is 0 Å². The van der Waals surface area contributed by atoms with Crippen molar-refractivity contribution < 1.29 is 14.3 Å². The van der Waals surface area contributed by atoms with Crippen LogP contribution in [-0.2, 0) is 11.2 Å². The number of aliphatic hydroxyl groups is 1. The molecule has 1 amide bonds. The van der Waals surface area contributed by atoms with Crippen molar-refractivity contribution in [3.05, 3.63) is 35.1 Å². The zero-order valence-electron chi connectivity index (χ0n) is 17.5. The molecule has 0 spiro atoms. The first-order valence-electron chi connectivity index (χ1n) is 11.6. The van der Waals surface area contributed by atoms with Gasteiger partial charge in [-0.1, -0.05) is 50.7 Å². The van der Waals surface area contributed by atoms with Gasteiger partial charge in [0.2, 0.25) is 5.91 Å². The number of fused-ring (bicyclic) bond motifs is 1. The lowest BCUT2D eigenvalue weighted by molar-refractivity contribution is -0.135. The number of carbonyl (C=O) groups is 1. The molecule has 2 aliphatic carbocycles. The van der Waals surface area contributed by atoms with Gasteiger partial charge in [0.25, 0.3) is 0 Å². The molecule has 2 saturated carbocycles. The van der Waals surface area contributed by atoms with Gasteiger partial charge in [-0.3, -0.25) is 4.79 Å². The lowest BCUT2D eigenvalue weighted by Gasteiger charge is -2.43. The van der Waals surface area contributed by atoms with Gasteiger partial charge >= 0.3 is 0 Å². The average molecular weight is 403 g/mol. The lowest BCUT2D eigenvalue weighted by Crippen LogP contribution is -2.49. The Morgan fingerprint density at radius 3 is 2.62 bits per heavy atom. The van der Waals surface area contributed by atoms with Gasteiger partial charge in [-0.25, -0.2) is 4.39 Å². The largest absolute Gasteiger partial charge is 0.389 e. The fourth-order valence-electron chi connectivity index (χ4n) is 5.78.